The lowest BCUT2D eigenvalue weighted by Gasteiger charge is -2.24. The zero-order chi connectivity index (χ0) is 17.9. The van der Waals surface area contributed by atoms with Crippen LogP contribution in [0.3, 0.4) is 0 Å². The van der Waals surface area contributed by atoms with E-state index < -0.39 is 10.0 Å². The summed E-state index contributed by atoms with van der Waals surface area (Å²) in [6.07, 6.45) is 0. The van der Waals surface area contributed by atoms with E-state index in [4.69, 9.17) is 0 Å². The number of aryl methyl sites for hydroxylation is 2. The number of nitrogens with one attached hydrogen (secondary N) is 1. The molecule has 7 heteroatoms. The molecule has 0 bridgehead atoms. The summed E-state index contributed by atoms with van der Waals surface area (Å²) in [6.45, 7) is 7.73. The smallest absolute Gasteiger partial charge is 0.250 e. The fourth-order valence-corrected chi connectivity index (χ4v) is 4.74. The van der Waals surface area contributed by atoms with Gasteiger partial charge >= 0.3 is 0 Å². The van der Waals surface area contributed by atoms with Crippen LogP contribution in [-0.4, -0.2) is 27.4 Å². The van der Waals surface area contributed by atoms with Crippen molar-refractivity contribution in [1.29, 1.82) is 0 Å². The Bertz CT molecular complexity index is 841. The van der Waals surface area contributed by atoms with Crippen LogP contribution in [0.5, 0.6) is 0 Å². The molecule has 1 aromatic carbocycles. The standard InChI is InChI=1S/C17H22N2O3S2/c1-12-6-5-7-16(14(12)3)19(15(4)20)11-10-18-24(21,22)17-9-8-13(2)23-17/h5-9,18H,10-11H2,1-4H3. The fraction of sp³-hybridized carbons (Fsp3) is 0.353. The van der Waals surface area contributed by atoms with Gasteiger partial charge in [0.05, 0.1) is 0 Å². The third-order valence-electron chi connectivity index (χ3n) is 3.85. The second-order valence-electron chi connectivity index (χ2n) is 5.65. The van der Waals surface area contributed by atoms with E-state index in [2.05, 4.69) is 4.72 Å². The van der Waals surface area contributed by atoms with Crippen LogP contribution in [0.4, 0.5) is 5.69 Å². The maximum absolute atomic E-state index is 12.3. The highest BCUT2D eigenvalue weighted by molar-refractivity contribution is 7.91. The third kappa shape index (κ3) is 4.23. The molecule has 0 aliphatic rings. The molecular formula is C17H22N2O3S2. The quantitative estimate of drug-likeness (QED) is 0.855. The van der Waals surface area contributed by atoms with Gasteiger partial charge in [0, 0.05) is 30.6 Å². The van der Waals surface area contributed by atoms with Crippen molar-refractivity contribution in [2.24, 2.45) is 0 Å². The number of carbonyl (C=O) groups is 1. The third-order valence-corrected chi connectivity index (χ3v) is 6.81. The van der Waals surface area contributed by atoms with Gasteiger partial charge in [-0.2, -0.15) is 0 Å². The molecule has 1 N–H and O–H groups in total. The summed E-state index contributed by atoms with van der Waals surface area (Å²) in [7, 11) is -3.53. The summed E-state index contributed by atoms with van der Waals surface area (Å²) in [5.41, 5.74) is 2.92. The van der Waals surface area contributed by atoms with E-state index >= 15 is 0 Å². The summed E-state index contributed by atoms with van der Waals surface area (Å²) >= 11 is 1.23. The van der Waals surface area contributed by atoms with E-state index in [0.29, 0.717) is 4.21 Å². The van der Waals surface area contributed by atoms with Crippen LogP contribution in [0, 0.1) is 20.8 Å². The second kappa shape index (κ2) is 7.46. The molecule has 1 amide bonds. The van der Waals surface area contributed by atoms with Crippen molar-refractivity contribution in [2.75, 3.05) is 18.0 Å². The monoisotopic (exact) mass is 366 g/mol. The van der Waals surface area contributed by atoms with Crippen molar-refractivity contribution in [3.63, 3.8) is 0 Å². The molecule has 0 fully saturated rings. The second-order valence-corrected chi connectivity index (χ2v) is 8.93. The Morgan fingerprint density at radius 1 is 1.17 bits per heavy atom. The SMILES string of the molecule is CC(=O)N(CCNS(=O)(=O)c1ccc(C)s1)c1cccc(C)c1C. The van der Waals surface area contributed by atoms with Gasteiger partial charge in [-0.05, 0) is 50.1 Å². The molecule has 1 heterocycles. The number of amides is 1. The van der Waals surface area contributed by atoms with Gasteiger partial charge in [0.15, 0.2) is 0 Å². The topological polar surface area (TPSA) is 66.5 Å². The molecule has 0 radical (unpaired) electrons. The van der Waals surface area contributed by atoms with E-state index in [1.54, 1.807) is 17.0 Å². The van der Waals surface area contributed by atoms with Crippen molar-refractivity contribution in [3.05, 3.63) is 46.3 Å². The zero-order valence-electron chi connectivity index (χ0n) is 14.3. The number of carbonyl (C=O) groups excluding carboxylic acids is 1. The van der Waals surface area contributed by atoms with Gasteiger partial charge < -0.3 is 4.90 Å². The first kappa shape index (κ1) is 18.6. The van der Waals surface area contributed by atoms with Crippen molar-refractivity contribution >= 4 is 33.0 Å². The number of hydrogen-bond acceptors (Lipinski definition) is 4. The minimum absolute atomic E-state index is 0.116. The number of sulfonamides is 1. The Balaban J connectivity index is 2.10. The van der Waals surface area contributed by atoms with Crippen LogP contribution < -0.4 is 9.62 Å². The van der Waals surface area contributed by atoms with Crippen LogP contribution in [0.2, 0.25) is 0 Å². The molecule has 24 heavy (non-hydrogen) atoms. The normalized spacial score (nSPS) is 11.5. The van der Waals surface area contributed by atoms with E-state index in [9.17, 15) is 13.2 Å². The Hall–Kier alpha value is -1.70. The van der Waals surface area contributed by atoms with Crippen molar-refractivity contribution in [2.45, 2.75) is 31.9 Å². The van der Waals surface area contributed by atoms with Crippen molar-refractivity contribution < 1.29 is 13.2 Å². The maximum atomic E-state index is 12.3. The van der Waals surface area contributed by atoms with Crippen LogP contribution in [0.25, 0.3) is 0 Å². The fourth-order valence-electron chi connectivity index (χ4n) is 2.40. The van der Waals surface area contributed by atoms with E-state index in [1.165, 1.54) is 18.3 Å². The summed E-state index contributed by atoms with van der Waals surface area (Å²) < 4.78 is 27.4. The Morgan fingerprint density at radius 3 is 2.46 bits per heavy atom. The van der Waals surface area contributed by atoms with Crippen LogP contribution >= 0.6 is 11.3 Å². The molecule has 0 atom stereocenters. The lowest BCUT2D eigenvalue weighted by atomic mass is 10.1. The van der Waals surface area contributed by atoms with Crippen LogP contribution in [0.1, 0.15) is 22.9 Å². The number of hydrogen-bond donors (Lipinski definition) is 1. The zero-order valence-corrected chi connectivity index (χ0v) is 15.9. The number of nitrogens with zero attached hydrogens (tertiary/aromatic N) is 1. The first-order valence-electron chi connectivity index (χ1n) is 7.63. The molecule has 130 valence electrons. The summed E-state index contributed by atoms with van der Waals surface area (Å²) in [5.74, 6) is -0.116. The molecule has 0 aliphatic carbocycles. The first-order valence-corrected chi connectivity index (χ1v) is 9.93. The Labute approximate surface area is 147 Å². The van der Waals surface area contributed by atoms with Gasteiger partial charge in [0.1, 0.15) is 4.21 Å². The number of benzene rings is 1. The molecule has 5 nitrogen and oxygen atoms in total. The van der Waals surface area contributed by atoms with Gasteiger partial charge in [-0.3, -0.25) is 4.79 Å². The molecule has 0 saturated carbocycles. The lowest BCUT2D eigenvalue weighted by molar-refractivity contribution is -0.116. The molecule has 0 unspecified atom stereocenters. The summed E-state index contributed by atoms with van der Waals surface area (Å²) in [5, 5.41) is 0. The van der Waals surface area contributed by atoms with E-state index in [-0.39, 0.29) is 19.0 Å². The maximum Gasteiger partial charge on any atom is 0.250 e. The number of thiophene rings is 1. The minimum Gasteiger partial charge on any atom is -0.311 e. The molecule has 1 aromatic heterocycles. The van der Waals surface area contributed by atoms with Gasteiger partial charge in [0.25, 0.3) is 0 Å². The van der Waals surface area contributed by atoms with Crippen molar-refractivity contribution in [1.82, 2.24) is 4.72 Å². The van der Waals surface area contributed by atoms with Gasteiger partial charge in [-0.25, -0.2) is 13.1 Å². The first-order chi connectivity index (χ1) is 11.2. The molecular weight excluding hydrogens is 344 g/mol. The highest BCUT2D eigenvalue weighted by Crippen LogP contribution is 2.23. The van der Waals surface area contributed by atoms with E-state index in [1.807, 2.05) is 39.0 Å². The minimum atomic E-state index is -3.53. The molecule has 0 aliphatic heterocycles. The molecule has 2 rings (SSSR count). The number of anilines is 1. The van der Waals surface area contributed by atoms with Gasteiger partial charge in [-0.15, -0.1) is 11.3 Å². The van der Waals surface area contributed by atoms with Gasteiger partial charge in [-0.1, -0.05) is 12.1 Å². The molecule has 2 aromatic rings. The van der Waals surface area contributed by atoms with Crippen molar-refractivity contribution in [3.8, 4) is 0 Å². The number of rotatable bonds is 6. The summed E-state index contributed by atoms with van der Waals surface area (Å²) in [4.78, 5) is 14.5. The summed E-state index contributed by atoms with van der Waals surface area (Å²) in [6, 6.07) is 9.12. The highest BCUT2D eigenvalue weighted by atomic mass is 32.2. The predicted molar refractivity (Wildman–Crippen MR) is 98.2 cm³/mol. The molecule has 0 spiro atoms. The largest absolute Gasteiger partial charge is 0.311 e. The average Bonchev–Trinajstić information content (AvgIpc) is 2.94. The predicted octanol–water partition coefficient (Wildman–Crippen LogP) is 3.00. The van der Waals surface area contributed by atoms with Crippen LogP contribution in [-0.2, 0) is 14.8 Å². The van der Waals surface area contributed by atoms with Crippen LogP contribution in [0.15, 0.2) is 34.5 Å². The highest BCUT2D eigenvalue weighted by Gasteiger charge is 2.18. The molecule has 0 saturated heterocycles. The van der Waals surface area contributed by atoms with Gasteiger partial charge in [0.2, 0.25) is 15.9 Å². The van der Waals surface area contributed by atoms with E-state index in [0.717, 1.165) is 21.7 Å². The Kier molecular flexibility index (Phi) is 5.79. The Morgan fingerprint density at radius 2 is 1.88 bits per heavy atom. The lowest BCUT2D eigenvalue weighted by Crippen LogP contribution is -2.37. The average molecular weight is 367 g/mol.